The maximum atomic E-state index is 12.3. The average Bonchev–Trinajstić information content (AvgIpc) is 2.69. The van der Waals surface area contributed by atoms with Crippen molar-refractivity contribution in [1.29, 1.82) is 0 Å². The molecule has 2 N–H and O–H groups in total. The molecule has 0 spiro atoms. The number of phenols is 1. The smallest absolute Gasteiger partial charge is 0.271 e. The number of hydrogen-bond donors (Lipinski definition) is 2. The summed E-state index contributed by atoms with van der Waals surface area (Å²) in [6.07, 6.45) is 1.40. The Hall–Kier alpha value is -3.22. The molecule has 2 aromatic rings. The number of benzene rings is 2. The number of phenolic OH excluding ortho intramolecular Hbond substituents is 1. The number of hydrogen-bond acceptors (Lipinski definition) is 6. The Morgan fingerprint density at radius 2 is 1.74 bits per heavy atom. The van der Waals surface area contributed by atoms with Crippen LogP contribution in [0.25, 0.3) is 0 Å². The van der Waals surface area contributed by atoms with Crippen LogP contribution in [0.3, 0.4) is 0 Å². The fraction of sp³-hybridized carbons (Fsp3) is 0.300. The molecule has 7 nitrogen and oxygen atoms in total. The van der Waals surface area contributed by atoms with Gasteiger partial charge in [-0.1, -0.05) is 0 Å². The minimum absolute atomic E-state index is 0.0976. The Kier molecular flexibility index (Phi) is 7.05. The van der Waals surface area contributed by atoms with Crippen LogP contribution in [-0.4, -0.2) is 44.5 Å². The van der Waals surface area contributed by atoms with Gasteiger partial charge in [0.2, 0.25) is 0 Å². The lowest BCUT2D eigenvalue weighted by atomic mass is 10.2. The first-order valence-electron chi connectivity index (χ1n) is 8.66. The Labute approximate surface area is 159 Å². The van der Waals surface area contributed by atoms with E-state index in [-0.39, 0.29) is 5.75 Å². The van der Waals surface area contributed by atoms with E-state index in [2.05, 4.69) is 29.3 Å². The van der Waals surface area contributed by atoms with Crippen LogP contribution in [-0.2, 0) is 0 Å². The van der Waals surface area contributed by atoms with Gasteiger partial charge in [-0.2, -0.15) is 5.10 Å². The zero-order chi connectivity index (χ0) is 19.8. The lowest BCUT2D eigenvalue weighted by Crippen LogP contribution is -2.21. The number of nitrogens with zero attached hydrogens (tertiary/aromatic N) is 2. The molecule has 0 heterocycles. The molecule has 0 bridgehead atoms. The van der Waals surface area contributed by atoms with E-state index in [0.717, 1.165) is 18.8 Å². The Morgan fingerprint density at radius 3 is 2.26 bits per heavy atom. The fourth-order valence-corrected chi connectivity index (χ4v) is 2.59. The summed E-state index contributed by atoms with van der Waals surface area (Å²) in [5.74, 6) is 0.699. The van der Waals surface area contributed by atoms with E-state index in [4.69, 9.17) is 9.47 Å². The van der Waals surface area contributed by atoms with E-state index >= 15 is 0 Å². The van der Waals surface area contributed by atoms with Crippen LogP contribution in [0.1, 0.15) is 29.8 Å². The van der Waals surface area contributed by atoms with Gasteiger partial charge in [-0.25, -0.2) is 5.43 Å². The van der Waals surface area contributed by atoms with Gasteiger partial charge < -0.3 is 19.5 Å². The second-order valence-corrected chi connectivity index (χ2v) is 5.72. The summed E-state index contributed by atoms with van der Waals surface area (Å²) in [4.78, 5) is 14.4. The third-order valence-corrected chi connectivity index (χ3v) is 4.13. The first-order chi connectivity index (χ1) is 13.0. The SMILES string of the molecule is CCN(CC)c1ccc(/C=N\NC(=O)c2cc(OC)cc(OC)c2)c(O)c1. The van der Waals surface area contributed by atoms with Crippen LogP contribution < -0.4 is 19.8 Å². The molecule has 2 rings (SSSR count). The molecule has 0 radical (unpaired) electrons. The lowest BCUT2D eigenvalue weighted by molar-refractivity contribution is 0.0954. The molecular weight excluding hydrogens is 346 g/mol. The molecule has 0 unspecified atom stereocenters. The Bertz CT molecular complexity index is 795. The number of hydrazone groups is 1. The number of aromatic hydroxyl groups is 1. The molecule has 0 aromatic heterocycles. The van der Waals surface area contributed by atoms with Gasteiger partial charge >= 0.3 is 0 Å². The largest absolute Gasteiger partial charge is 0.507 e. The van der Waals surface area contributed by atoms with E-state index in [9.17, 15) is 9.90 Å². The van der Waals surface area contributed by atoms with E-state index in [1.165, 1.54) is 20.4 Å². The molecule has 27 heavy (non-hydrogen) atoms. The van der Waals surface area contributed by atoms with Crippen LogP contribution in [0.2, 0.25) is 0 Å². The molecule has 144 valence electrons. The third kappa shape index (κ3) is 5.13. The van der Waals surface area contributed by atoms with Gasteiger partial charge in [-0.3, -0.25) is 4.79 Å². The van der Waals surface area contributed by atoms with Crippen LogP contribution in [0.5, 0.6) is 17.2 Å². The molecule has 0 saturated heterocycles. The van der Waals surface area contributed by atoms with E-state index in [1.54, 1.807) is 30.3 Å². The standard InChI is InChI=1S/C20H25N3O4/c1-5-23(6-2)16-8-7-14(19(24)11-16)13-21-22-20(25)15-9-17(26-3)12-18(10-15)27-4/h7-13,24H,5-6H2,1-4H3,(H,22,25)/b21-13-. The van der Waals surface area contributed by atoms with Crippen LogP contribution in [0.4, 0.5) is 5.69 Å². The number of anilines is 1. The summed E-state index contributed by atoms with van der Waals surface area (Å²) in [7, 11) is 3.03. The number of methoxy groups -OCH3 is 2. The second kappa shape index (κ2) is 9.47. The van der Waals surface area contributed by atoms with E-state index < -0.39 is 5.91 Å². The number of carbonyl (C=O) groups is 1. The van der Waals surface area contributed by atoms with Gasteiger partial charge in [0.05, 0.1) is 20.4 Å². The normalized spacial score (nSPS) is 10.7. The van der Waals surface area contributed by atoms with Crippen molar-refractivity contribution in [2.75, 3.05) is 32.2 Å². The van der Waals surface area contributed by atoms with Gasteiger partial charge in [-0.05, 0) is 38.1 Å². The van der Waals surface area contributed by atoms with Crippen molar-refractivity contribution >= 4 is 17.8 Å². The van der Waals surface area contributed by atoms with E-state index in [0.29, 0.717) is 22.6 Å². The summed E-state index contributed by atoms with van der Waals surface area (Å²) in [5.41, 5.74) is 4.23. The molecule has 0 fully saturated rings. The summed E-state index contributed by atoms with van der Waals surface area (Å²) >= 11 is 0. The van der Waals surface area contributed by atoms with Gasteiger partial charge in [-0.15, -0.1) is 0 Å². The number of nitrogens with one attached hydrogen (secondary N) is 1. The Balaban J connectivity index is 2.10. The quantitative estimate of drug-likeness (QED) is 0.550. The molecular formula is C20H25N3O4. The summed E-state index contributed by atoms with van der Waals surface area (Å²) in [6, 6.07) is 10.2. The molecule has 2 aromatic carbocycles. The summed E-state index contributed by atoms with van der Waals surface area (Å²) < 4.78 is 10.3. The molecule has 1 amide bonds. The predicted octanol–water partition coefficient (Wildman–Crippen LogP) is 3.02. The molecule has 0 aliphatic carbocycles. The molecule has 7 heteroatoms. The average molecular weight is 371 g/mol. The van der Waals surface area contributed by atoms with Gasteiger partial charge in [0.15, 0.2) is 0 Å². The summed E-state index contributed by atoms with van der Waals surface area (Å²) in [5, 5.41) is 14.1. The topological polar surface area (TPSA) is 83.4 Å². The van der Waals surface area contributed by atoms with Crippen molar-refractivity contribution in [3.05, 3.63) is 47.5 Å². The zero-order valence-corrected chi connectivity index (χ0v) is 16.0. The molecule has 0 saturated carbocycles. The highest BCUT2D eigenvalue weighted by Crippen LogP contribution is 2.24. The molecule has 0 aliphatic heterocycles. The minimum Gasteiger partial charge on any atom is -0.507 e. The highest BCUT2D eigenvalue weighted by molar-refractivity contribution is 5.96. The van der Waals surface area contributed by atoms with Crippen LogP contribution >= 0.6 is 0 Å². The predicted molar refractivity (Wildman–Crippen MR) is 106 cm³/mol. The maximum absolute atomic E-state index is 12.3. The van der Waals surface area contributed by atoms with Crippen LogP contribution in [0, 0.1) is 0 Å². The minimum atomic E-state index is -0.414. The monoisotopic (exact) mass is 371 g/mol. The number of ether oxygens (including phenoxy) is 2. The van der Waals surface area contributed by atoms with Gasteiger partial charge in [0.25, 0.3) is 5.91 Å². The number of amides is 1. The Morgan fingerprint density at radius 1 is 1.11 bits per heavy atom. The van der Waals surface area contributed by atoms with Crippen molar-refractivity contribution in [3.63, 3.8) is 0 Å². The highest BCUT2D eigenvalue weighted by Gasteiger charge is 2.09. The fourth-order valence-electron chi connectivity index (χ4n) is 2.59. The van der Waals surface area contributed by atoms with Gasteiger partial charge in [0, 0.05) is 42.0 Å². The first kappa shape index (κ1) is 20.1. The first-order valence-corrected chi connectivity index (χ1v) is 8.66. The molecule has 0 aliphatic rings. The highest BCUT2D eigenvalue weighted by atomic mass is 16.5. The van der Waals surface area contributed by atoms with Gasteiger partial charge in [0.1, 0.15) is 17.2 Å². The maximum Gasteiger partial charge on any atom is 0.271 e. The van der Waals surface area contributed by atoms with Crippen molar-refractivity contribution in [3.8, 4) is 17.2 Å². The second-order valence-electron chi connectivity index (χ2n) is 5.72. The number of carbonyl (C=O) groups excluding carboxylic acids is 1. The summed E-state index contributed by atoms with van der Waals surface area (Å²) in [6.45, 7) is 5.81. The van der Waals surface area contributed by atoms with Crippen molar-refractivity contribution in [1.82, 2.24) is 5.43 Å². The number of rotatable bonds is 8. The molecule has 0 atom stereocenters. The lowest BCUT2D eigenvalue weighted by Gasteiger charge is -2.21. The third-order valence-electron chi connectivity index (χ3n) is 4.13. The van der Waals surface area contributed by atoms with Crippen molar-refractivity contribution in [2.24, 2.45) is 5.10 Å². The zero-order valence-electron chi connectivity index (χ0n) is 16.0. The van der Waals surface area contributed by atoms with Crippen LogP contribution in [0.15, 0.2) is 41.5 Å². The van der Waals surface area contributed by atoms with E-state index in [1.807, 2.05) is 6.07 Å². The van der Waals surface area contributed by atoms with Crippen molar-refractivity contribution in [2.45, 2.75) is 13.8 Å². The van der Waals surface area contributed by atoms with Crippen molar-refractivity contribution < 1.29 is 19.4 Å².